The van der Waals surface area contributed by atoms with Crippen molar-refractivity contribution >= 4 is 35.8 Å². The maximum absolute atomic E-state index is 11.1. The zero-order valence-corrected chi connectivity index (χ0v) is 17.2. The monoisotopic (exact) mass is 508 g/mol. The van der Waals surface area contributed by atoms with E-state index in [1.165, 1.54) is 0 Å². The Labute approximate surface area is 197 Å². The number of carbonyl (C=O) groups excluding carboxylic acids is 2. The van der Waals surface area contributed by atoms with Crippen LogP contribution in [0.1, 0.15) is 33.1 Å². The van der Waals surface area contributed by atoms with Crippen molar-refractivity contribution in [2.45, 2.75) is 33.1 Å². The Bertz CT molecular complexity index is 879. The average Bonchev–Trinajstić information content (AvgIpc) is 2.72. The summed E-state index contributed by atoms with van der Waals surface area (Å²) in [6.07, 6.45) is -1.44. The molecule has 16 heteroatoms. The summed E-state index contributed by atoms with van der Waals surface area (Å²) in [5.41, 5.74) is -0.713. The molecular formula is C19H24O16. The summed E-state index contributed by atoms with van der Waals surface area (Å²) in [6, 6.07) is 0. The number of hydrogen-bond donors (Lipinski definition) is 6. The SMILES string of the molecule is C.C=C(CC(=O)O)C(=O)O/C=C(/CC(=O)O)OO.C=C(CC(=O)O/C=C(/CC(=O)O)OO)C(=O)O. The highest BCUT2D eigenvalue weighted by Gasteiger charge is 2.14. The number of ether oxygens (including phenoxy) is 2. The minimum atomic E-state index is -1.35. The van der Waals surface area contributed by atoms with Crippen LogP contribution in [0.25, 0.3) is 0 Å². The molecule has 196 valence electrons. The van der Waals surface area contributed by atoms with Crippen molar-refractivity contribution in [1.29, 1.82) is 0 Å². The molecule has 35 heavy (non-hydrogen) atoms. The van der Waals surface area contributed by atoms with Crippen LogP contribution in [0.5, 0.6) is 0 Å². The Morgan fingerprint density at radius 1 is 0.629 bits per heavy atom. The molecule has 16 nitrogen and oxygen atoms in total. The van der Waals surface area contributed by atoms with E-state index < -0.39 is 73.0 Å². The van der Waals surface area contributed by atoms with Gasteiger partial charge in [-0.1, -0.05) is 20.6 Å². The third-order valence-corrected chi connectivity index (χ3v) is 2.82. The van der Waals surface area contributed by atoms with Gasteiger partial charge in [-0.25, -0.2) is 20.1 Å². The second-order valence-corrected chi connectivity index (χ2v) is 5.65. The topological polar surface area (TPSA) is 261 Å². The number of rotatable bonds is 14. The minimum absolute atomic E-state index is 0. The first-order valence-electron chi connectivity index (χ1n) is 8.39. The van der Waals surface area contributed by atoms with E-state index in [4.69, 9.17) is 30.9 Å². The lowest BCUT2D eigenvalue weighted by Gasteiger charge is -2.02. The zero-order valence-electron chi connectivity index (χ0n) is 17.2. The summed E-state index contributed by atoms with van der Waals surface area (Å²) in [7, 11) is 0. The molecule has 0 amide bonds. The summed E-state index contributed by atoms with van der Waals surface area (Å²) in [4.78, 5) is 70.3. The third kappa shape index (κ3) is 19.7. The van der Waals surface area contributed by atoms with E-state index in [-0.39, 0.29) is 18.6 Å². The van der Waals surface area contributed by atoms with E-state index in [2.05, 4.69) is 32.4 Å². The molecule has 0 saturated carbocycles. The molecule has 0 aliphatic heterocycles. The van der Waals surface area contributed by atoms with Gasteiger partial charge in [0.1, 0.15) is 25.4 Å². The number of carboxylic acid groups (broad SMARTS) is 4. The van der Waals surface area contributed by atoms with E-state index >= 15 is 0 Å². The highest BCUT2D eigenvalue weighted by molar-refractivity contribution is 5.93. The molecule has 0 saturated heterocycles. The van der Waals surface area contributed by atoms with Crippen molar-refractivity contribution in [3.8, 4) is 0 Å². The van der Waals surface area contributed by atoms with Crippen LogP contribution in [0.3, 0.4) is 0 Å². The van der Waals surface area contributed by atoms with Crippen molar-refractivity contribution in [3.63, 3.8) is 0 Å². The fourth-order valence-corrected chi connectivity index (χ4v) is 1.37. The standard InChI is InChI=1S/2C9H10O8.CH4/c1-5(9(13)14)2-8(12)16-4-6(17-15)3-7(10)11;1-5(2-7(10)11)9(14)16-4-6(17-15)3-8(12)13;/h4,15H,1-3H2,(H,10,11)(H,13,14);4,15H,1-3H2,(H,10,11)(H,12,13);1H4/b2*6-4-;. The van der Waals surface area contributed by atoms with Gasteiger partial charge >= 0.3 is 35.8 Å². The maximum atomic E-state index is 11.1. The summed E-state index contributed by atoms with van der Waals surface area (Å²) < 4.78 is 8.69. The van der Waals surface area contributed by atoms with Crippen LogP contribution in [-0.2, 0) is 48.0 Å². The van der Waals surface area contributed by atoms with E-state index in [0.29, 0.717) is 12.5 Å². The van der Waals surface area contributed by atoms with Gasteiger partial charge in [0.2, 0.25) is 0 Å². The van der Waals surface area contributed by atoms with E-state index in [1.54, 1.807) is 0 Å². The molecule has 0 aromatic rings. The van der Waals surface area contributed by atoms with Crippen LogP contribution in [0.2, 0.25) is 0 Å². The van der Waals surface area contributed by atoms with Crippen molar-refractivity contribution in [2.75, 3.05) is 0 Å². The summed E-state index contributed by atoms with van der Waals surface area (Å²) in [5, 5.41) is 49.9. The van der Waals surface area contributed by atoms with Crippen molar-refractivity contribution < 1.29 is 79.0 Å². The normalized spacial score (nSPS) is 10.2. The second kappa shape index (κ2) is 18.8. The molecule has 0 radical (unpaired) electrons. The summed E-state index contributed by atoms with van der Waals surface area (Å²) in [5.74, 6) is -8.30. The fourth-order valence-electron chi connectivity index (χ4n) is 1.37. The van der Waals surface area contributed by atoms with Gasteiger partial charge in [0.25, 0.3) is 0 Å². The summed E-state index contributed by atoms with van der Waals surface area (Å²) >= 11 is 0. The molecule has 0 atom stereocenters. The molecule has 0 spiro atoms. The Morgan fingerprint density at radius 2 is 1.03 bits per heavy atom. The average molecular weight is 508 g/mol. The highest BCUT2D eigenvalue weighted by atomic mass is 17.1. The Balaban J connectivity index is -0.000000569. The predicted octanol–water partition coefficient (Wildman–Crippen LogP) is 1.37. The number of carboxylic acids is 4. The number of esters is 2. The highest BCUT2D eigenvalue weighted by Crippen LogP contribution is 2.07. The summed E-state index contributed by atoms with van der Waals surface area (Å²) in [6.45, 7) is 6.25. The van der Waals surface area contributed by atoms with Gasteiger partial charge in [-0.2, -0.15) is 0 Å². The van der Waals surface area contributed by atoms with E-state index in [9.17, 15) is 28.8 Å². The van der Waals surface area contributed by atoms with E-state index in [0.717, 1.165) is 0 Å². The first kappa shape index (κ1) is 34.9. The van der Waals surface area contributed by atoms with Gasteiger partial charge in [-0.3, -0.25) is 19.2 Å². The lowest BCUT2D eigenvalue weighted by atomic mass is 10.2. The van der Waals surface area contributed by atoms with Gasteiger partial charge < -0.3 is 39.7 Å². The third-order valence-electron chi connectivity index (χ3n) is 2.82. The molecule has 0 aromatic carbocycles. The molecule has 0 rings (SSSR count). The predicted molar refractivity (Wildman–Crippen MR) is 110 cm³/mol. The fraction of sp³-hybridized carbons (Fsp3) is 0.263. The lowest BCUT2D eigenvalue weighted by Crippen LogP contribution is -2.09. The molecule has 0 aromatic heterocycles. The number of hydrogen-bond acceptors (Lipinski definition) is 12. The molecule has 0 fully saturated rings. The van der Waals surface area contributed by atoms with Crippen LogP contribution in [0.15, 0.2) is 48.3 Å². The van der Waals surface area contributed by atoms with Crippen LogP contribution < -0.4 is 0 Å². The van der Waals surface area contributed by atoms with E-state index in [1.807, 2.05) is 0 Å². The molecule has 0 heterocycles. The van der Waals surface area contributed by atoms with Gasteiger partial charge in [-0.05, 0) is 0 Å². The van der Waals surface area contributed by atoms with Crippen LogP contribution in [0.4, 0.5) is 0 Å². The van der Waals surface area contributed by atoms with Crippen molar-refractivity contribution in [1.82, 2.24) is 0 Å². The smallest absolute Gasteiger partial charge is 0.338 e. The molecular weight excluding hydrogens is 484 g/mol. The largest absolute Gasteiger partial charge is 0.481 e. The first-order valence-corrected chi connectivity index (χ1v) is 8.39. The second-order valence-electron chi connectivity index (χ2n) is 5.65. The minimum Gasteiger partial charge on any atom is -0.481 e. The molecule has 0 bridgehead atoms. The Hall–Kier alpha value is -4.70. The van der Waals surface area contributed by atoms with Crippen LogP contribution in [0, 0.1) is 0 Å². The van der Waals surface area contributed by atoms with Gasteiger partial charge in [0, 0.05) is 11.1 Å². The number of carbonyl (C=O) groups is 6. The van der Waals surface area contributed by atoms with Crippen molar-refractivity contribution in [3.05, 3.63) is 48.3 Å². The molecule has 0 aliphatic rings. The van der Waals surface area contributed by atoms with Crippen LogP contribution in [-0.4, -0.2) is 66.8 Å². The maximum Gasteiger partial charge on any atom is 0.338 e. The molecule has 0 unspecified atom stereocenters. The molecule has 6 N–H and O–H groups in total. The lowest BCUT2D eigenvalue weighted by molar-refractivity contribution is -0.209. The number of aliphatic carboxylic acids is 4. The Morgan fingerprint density at radius 3 is 1.37 bits per heavy atom. The van der Waals surface area contributed by atoms with Crippen molar-refractivity contribution in [2.24, 2.45) is 0 Å². The Kier molecular flexibility index (Phi) is 18.8. The zero-order chi connectivity index (χ0) is 26.8. The van der Waals surface area contributed by atoms with Gasteiger partial charge in [-0.15, -0.1) is 0 Å². The van der Waals surface area contributed by atoms with Gasteiger partial charge in [0.15, 0.2) is 11.5 Å². The quantitative estimate of drug-likeness (QED) is 0.0636. The van der Waals surface area contributed by atoms with Gasteiger partial charge in [0.05, 0.1) is 12.8 Å². The first-order chi connectivity index (χ1) is 15.7. The van der Waals surface area contributed by atoms with Crippen LogP contribution >= 0.6 is 0 Å². The molecule has 0 aliphatic carbocycles.